The molecule has 1 saturated heterocycles. The highest BCUT2D eigenvalue weighted by molar-refractivity contribution is 6.62. The molecule has 0 aromatic heterocycles. The van der Waals surface area contributed by atoms with E-state index < -0.39 is 18.9 Å². The third-order valence-corrected chi connectivity index (χ3v) is 5.64. The van der Waals surface area contributed by atoms with Crippen LogP contribution in [0.3, 0.4) is 0 Å². The summed E-state index contributed by atoms with van der Waals surface area (Å²) in [4.78, 5) is 0. The Bertz CT molecular complexity index is 650. The number of rotatable bonds is 6. The molecule has 0 saturated carbocycles. The lowest BCUT2D eigenvalue weighted by molar-refractivity contribution is -0.174. The first-order chi connectivity index (χ1) is 12.6. The SMILES string of the molecule is CC(C)OC(O)[C@@](N)(CC(C)(C)C)c1ccc(B2OC(C)(C)C(C)(C)O2)cc1. The highest BCUT2D eigenvalue weighted by Gasteiger charge is 2.51. The predicted octanol–water partition coefficient (Wildman–Crippen LogP) is 3.32. The normalized spacial score (nSPS) is 22.4. The Morgan fingerprint density at radius 2 is 1.50 bits per heavy atom. The lowest BCUT2D eigenvalue weighted by Crippen LogP contribution is -2.52. The van der Waals surface area contributed by atoms with Crippen molar-refractivity contribution in [2.45, 2.75) is 97.9 Å². The van der Waals surface area contributed by atoms with E-state index in [-0.39, 0.29) is 22.7 Å². The van der Waals surface area contributed by atoms with Gasteiger partial charge in [0, 0.05) is 0 Å². The van der Waals surface area contributed by atoms with E-state index >= 15 is 0 Å². The second-order valence-corrected chi connectivity index (χ2v) is 10.5. The monoisotopic (exact) mass is 391 g/mol. The van der Waals surface area contributed by atoms with Crippen molar-refractivity contribution in [3.05, 3.63) is 29.8 Å². The van der Waals surface area contributed by atoms with Gasteiger partial charge in [-0.15, -0.1) is 0 Å². The summed E-state index contributed by atoms with van der Waals surface area (Å²) in [7, 11) is -0.425. The fraction of sp³-hybridized carbons (Fsp3) is 0.727. The molecule has 1 heterocycles. The molecule has 3 N–H and O–H groups in total. The molecule has 2 atom stereocenters. The molecule has 0 bridgehead atoms. The Kier molecular flexibility index (Phi) is 6.45. The molecule has 0 amide bonds. The van der Waals surface area contributed by atoms with Gasteiger partial charge < -0.3 is 24.9 Å². The minimum absolute atomic E-state index is 0.0829. The Balaban J connectivity index is 2.31. The smallest absolute Gasteiger partial charge is 0.399 e. The molecule has 1 aromatic rings. The maximum Gasteiger partial charge on any atom is 0.494 e. The third-order valence-electron chi connectivity index (χ3n) is 5.64. The van der Waals surface area contributed by atoms with E-state index in [9.17, 15) is 5.11 Å². The lowest BCUT2D eigenvalue weighted by Gasteiger charge is -2.40. The first-order valence-corrected chi connectivity index (χ1v) is 10.2. The van der Waals surface area contributed by atoms with Crippen LogP contribution in [-0.2, 0) is 19.6 Å². The molecular formula is C22H38BNO4. The second-order valence-electron chi connectivity index (χ2n) is 10.5. The topological polar surface area (TPSA) is 73.9 Å². The Morgan fingerprint density at radius 3 is 1.89 bits per heavy atom. The van der Waals surface area contributed by atoms with Gasteiger partial charge in [-0.2, -0.15) is 0 Å². The average Bonchev–Trinajstić information content (AvgIpc) is 2.73. The molecule has 6 heteroatoms. The first-order valence-electron chi connectivity index (χ1n) is 10.2. The summed E-state index contributed by atoms with van der Waals surface area (Å²) in [5.74, 6) is 0. The highest BCUT2D eigenvalue weighted by Crippen LogP contribution is 2.38. The van der Waals surface area contributed by atoms with Crippen molar-refractivity contribution < 1.29 is 19.2 Å². The van der Waals surface area contributed by atoms with Crippen molar-refractivity contribution in [3.8, 4) is 0 Å². The largest absolute Gasteiger partial charge is 0.494 e. The quantitative estimate of drug-likeness (QED) is 0.575. The van der Waals surface area contributed by atoms with Crippen LogP contribution in [0.4, 0.5) is 0 Å². The van der Waals surface area contributed by atoms with Crippen molar-refractivity contribution in [1.82, 2.24) is 0 Å². The van der Waals surface area contributed by atoms with Gasteiger partial charge in [-0.25, -0.2) is 0 Å². The van der Waals surface area contributed by atoms with Crippen LogP contribution >= 0.6 is 0 Å². The van der Waals surface area contributed by atoms with Crippen LogP contribution in [0, 0.1) is 5.41 Å². The summed E-state index contributed by atoms with van der Waals surface area (Å²) in [6.07, 6.45) is -0.652. The first kappa shape index (κ1) is 23.4. The van der Waals surface area contributed by atoms with Gasteiger partial charge >= 0.3 is 7.12 Å². The molecule has 0 spiro atoms. The highest BCUT2D eigenvalue weighted by atomic mass is 16.7. The van der Waals surface area contributed by atoms with E-state index in [0.29, 0.717) is 6.42 Å². The van der Waals surface area contributed by atoms with Crippen molar-refractivity contribution in [1.29, 1.82) is 0 Å². The van der Waals surface area contributed by atoms with Gasteiger partial charge in [0.25, 0.3) is 0 Å². The van der Waals surface area contributed by atoms with Gasteiger partial charge in [-0.05, 0) is 64.4 Å². The van der Waals surface area contributed by atoms with Crippen LogP contribution in [-0.4, -0.2) is 35.8 Å². The maximum atomic E-state index is 10.8. The van der Waals surface area contributed by atoms with Gasteiger partial charge in [0.05, 0.1) is 22.8 Å². The fourth-order valence-corrected chi connectivity index (χ4v) is 3.52. The minimum atomic E-state index is -1.10. The van der Waals surface area contributed by atoms with Crippen LogP contribution in [0.15, 0.2) is 24.3 Å². The summed E-state index contributed by atoms with van der Waals surface area (Å²) < 4.78 is 17.9. The summed E-state index contributed by atoms with van der Waals surface area (Å²) in [5, 5.41) is 10.8. The van der Waals surface area contributed by atoms with E-state index in [0.717, 1.165) is 11.0 Å². The van der Waals surface area contributed by atoms with Crippen LogP contribution in [0.5, 0.6) is 0 Å². The molecule has 1 aliphatic heterocycles. The molecule has 28 heavy (non-hydrogen) atoms. The van der Waals surface area contributed by atoms with Crippen LogP contribution < -0.4 is 11.2 Å². The summed E-state index contributed by atoms with van der Waals surface area (Å²) in [5.41, 5.74) is 6.63. The molecule has 1 aliphatic rings. The number of hydrogen-bond acceptors (Lipinski definition) is 5. The number of benzene rings is 1. The van der Waals surface area contributed by atoms with E-state index in [2.05, 4.69) is 20.8 Å². The van der Waals surface area contributed by atoms with Gasteiger partial charge in [0.1, 0.15) is 0 Å². The van der Waals surface area contributed by atoms with Gasteiger partial charge in [-0.3, -0.25) is 0 Å². The van der Waals surface area contributed by atoms with E-state index in [1.165, 1.54) is 0 Å². The summed E-state index contributed by atoms with van der Waals surface area (Å²) >= 11 is 0. The maximum absolute atomic E-state index is 10.8. The van der Waals surface area contributed by atoms with Crippen molar-refractivity contribution in [2.75, 3.05) is 0 Å². The number of nitrogens with two attached hydrogens (primary N) is 1. The fourth-order valence-electron chi connectivity index (χ4n) is 3.52. The second kappa shape index (κ2) is 7.73. The molecule has 5 nitrogen and oxygen atoms in total. The van der Waals surface area contributed by atoms with Crippen molar-refractivity contribution >= 4 is 12.6 Å². The van der Waals surface area contributed by atoms with Gasteiger partial charge in [-0.1, -0.05) is 45.0 Å². The Labute approximate surface area is 171 Å². The number of aliphatic hydroxyl groups excluding tert-OH is 1. The van der Waals surface area contributed by atoms with Crippen molar-refractivity contribution in [3.63, 3.8) is 0 Å². The van der Waals surface area contributed by atoms with Crippen LogP contribution in [0.25, 0.3) is 0 Å². The van der Waals surface area contributed by atoms with E-state index in [4.69, 9.17) is 19.8 Å². The number of aliphatic hydroxyl groups is 1. The standard InChI is InChI=1S/C22H38BNO4/c1-15(2)26-18(25)22(24,14-19(3,4)5)16-10-12-17(13-11-16)23-27-20(6,7)21(8,9)28-23/h10-13,15,18,25H,14,24H2,1-9H3/t18?,22-/m1/s1. The minimum Gasteiger partial charge on any atom is -0.399 e. The van der Waals surface area contributed by atoms with Crippen molar-refractivity contribution in [2.24, 2.45) is 11.1 Å². The van der Waals surface area contributed by atoms with Gasteiger partial charge in [0.2, 0.25) is 0 Å². The molecule has 1 aromatic carbocycles. The Hall–Kier alpha value is -0.915. The molecule has 1 unspecified atom stereocenters. The zero-order valence-electron chi connectivity index (χ0n) is 19.0. The molecule has 1 fully saturated rings. The van der Waals surface area contributed by atoms with Crippen LogP contribution in [0.1, 0.15) is 74.3 Å². The molecule has 0 radical (unpaired) electrons. The molecule has 2 rings (SSSR count). The number of hydrogen-bond donors (Lipinski definition) is 2. The lowest BCUT2D eigenvalue weighted by atomic mass is 9.73. The number of ether oxygens (including phenoxy) is 1. The third kappa shape index (κ3) is 4.97. The zero-order chi connectivity index (χ0) is 21.5. The van der Waals surface area contributed by atoms with Crippen LogP contribution in [0.2, 0.25) is 0 Å². The molecular weight excluding hydrogens is 353 g/mol. The Morgan fingerprint density at radius 1 is 1.04 bits per heavy atom. The summed E-state index contributed by atoms with van der Waals surface area (Å²) in [6.45, 7) is 18.2. The summed E-state index contributed by atoms with van der Waals surface area (Å²) in [6, 6.07) is 7.81. The van der Waals surface area contributed by atoms with E-state index in [1.807, 2.05) is 65.8 Å². The average molecular weight is 391 g/mol. The van der Waals surface area contributed by atoms with Gasteiger partial charge in [0.15, 0.2) is 6.29 Å². The zero-order valence-corrected chi connectivity index (χ0v) is 19.0. The van der Waals surface area contributed by atoms with E-state index in [1.54, 1.807) is 0 Å². The predicted molar refractivity (Wildman–Crippen MR) is 114 cm³/mol. The molecule has 158 valence electrons. The molecule has 0 aliphatic carbocycles.